The van der Waals surface area contributed by atoms with Crippen LogP contribution in [0.4, 0.5) is 0 Å². The van der Waals surface area contributed by atoms with Crippen LogP contribution in [0.25, 0.3) is 16.6 Å². The summed E-state index contributed by atoms with van der Waals surface area (Å²) in [6.45, 7) is 2.02. The van der Waals surface area contributed by atoms with Crippen LogP contribution >= 0.6 is 11.6 Å². The van der Waals surface area contributed by atoms with Gasteiger partial charge in [0.1, 0.15) is 5.82 Å². The van der Waals surface area contributed by atoms with Gasteiger partial charge in [0.2, 0.25) is 5.91 Å². The molecule has 0 saturated heterocycles. The molecule has 32 heavy (non-hydrogen) atoms. The second kappa shape index (κ2) is 9.86. The number of aromatic nitrogens is 2. The van der Waals surface area contributed by atoms with Crippen molar-refractivity contribution in [2.24, 2.45) is 5.92 Å². The lowest BCUT2D eigenvalue weighted by Gasteiger charge is -2.29. The fourth-order valence-electron chi connectivity index (χ4n) is 4.84. The Kier molecular flexibility index (Phi) is 6.95. The van der Waals surface area contributed by atoms with E-state index in [1.165, 1.54) is 25.7 Å². The van der Waals surface area contributed by atoms with Crippen LogP contribution in [0, 0.1) is 5.92 Å². The zero-order valence-corrected chi connectivity index (χ0v) is 19.5. The van der Waals surface area contributed by atoms with Crippen molar-refractivity contribution in [1.82, 2.24) is 14.5 Å². The topological polar surface area (TPSA) is 55.2 Å². The molecule has 4 rings (SSSR count). The standard InChI is InChI=1S/C26H30ClN3O2/c1-3-23(29(2)24(31)16-15-18-9-4-5-10-18)25-28-22-14-7-6-13-21(22)26(32)30(25)20-12-8-11-19(27)17-20/h6-8,11-14,17-18,23H,3-5,9-10,15-16H2,1-2H3. The number of halogens is 1. The van der Waals surface area contributed by atoms with Crippen LogP contribution in [-0.2, 0) is 4.79 Å². The van der Waals surface area contributed by atoms with Crippen LogP contribution < -0.4 is 5.56 Å². The molecule has 168 valence electrons. The second-order valence-corrected chi connectivity index (χ2v) is 9.16. The highest BCUT2D eigenvalue weighted by molar-refractivity contribution is 6.30. The normalized spacial score (nSPS) is 15.2. The molecular weight excluding hydrogens is 422 g/mol. The van der Waals surface area contributed by atoms with Gasteiger partial charge in [-0.2, -0.15) is 0 Å². The zero-order chi connectivity index (χ0) is 22.7. The highest BCUT2D eigenvalue weighted by atomic mass is 35.5. The van der Waals surface area contributed by atoms with Crippen molar-refractivity contribution in [3.8, 4) is 5.69 Å². The van der Waals surface area contributed by atoms with E-state index in [9.17, 15) is 9.59 Å². The third kappa shape index (κ3) is 4.58. The number of fused-ring (bicyclic) bond motifs is 1. The van der Waals surface area contributed by atoms with Gasteiger partial charge in [0.05, 0.1) is 22.6 Å². The van der Waals surface area contributed by atoms with Gasteiger partial charge in [-0.05, 0) is 49.1 Å². The van der Waals surface area contributed by atoms with Gasteiger partial charge in [0.25, 0.3) is 5.56 Å². The van der Waals surface area contributed by atoms with Gasteiger partial charge >= 0.3 is 0 Å². The largest absolute Gasteiger partial charge is 0.336 e. The van der Waals surface area contributed by atoms with Crippen LogP contribution in [-0.4, -0.2) is 27.4 Å². The van der Waals surface area contributed by atoms with Crippen molar-refractivity contribution >= 4 is 28.4 Å². The molecular formula is C26H30ClN3O2. The van der Waals surface area contributed by atoms with Gasteiger partial charge in [-0.15, -0.1) is 0 Å². The molecule has 1 unspecified atom stereocenters. The average molecular weight is 452 g/mol. The Morgan fingerprint density at radius 1 is 1.19 bits per heavy atom. The van der Waals surface area contributed by atoms with Gasteiger partial charge in [0, 0.05) is 18.5 Å². The number of carbonyl (C=O) groups is 1. The minimum Gasteiger partial charge on any atom is -0.336 e. The lowest BCUT2D eigenvalue weighted by atomic mass is 10.0. The molecule has 1 heterocycles. The van der Waals surface area contributed by atoms with E-state index in [1.54, 1.807) is 27.7 Å². The minimum atomic E-state index is -0.317. The van der Waals surface area contributed by atoms with E-state index in [4.69, 9.17) is 16.6 Å². The molecule has 0 spiro atoms. The van der Waals surface area contributed by atoms with Gasteiger partial charge in [-0.1, -0.05) is 62.4 Å². The van der Waals surface area contributed by atoms with Gasteiger partial charge < -0.3 is 4.90 Å². The Morgan fingerprint density at radius 2 is 1.94 bits per heavy atom. The molecule has 1 fully saturated rings. The van der Waals surface area contributed by atoms with Crippen molar-refractivity contribution in [3.05, 3.63) is 69.7 Å². The third-order valence-corrected chi connectivity index (χ3v) is 6.89. The Labute approximate surface area is 194 Å². The fraction of sp³-hybridized carbons (Fsp3) is 0.423. The first kappa shape index (κ1) is 22.5. The molecule has 1 atom stereocenters. The number of nitrogens with zero attached hydrogens (tertiary/aromatic N) is 3. The summed E-state index contributed by atoms with van der Waals surface area (Å²) in [6, 6.07) is 14.2. The first-order chi connectivity index (χ1) is 15.5. The predicted octanol–water partition coefficient (Wildman–Crippen LogP) is 5.92. The lowest BCUT2D eigenvalue weighted by molar-refractivity contribution is -0.132. The number of carbonyl (C=O) groups excluding carboxylic acids is 1. The Morgan fingerprint density at radius 3 is 2.66 bits per heavy atom. The van der Waals surface area contributed by atoms with E-state index < -0.39 is 0 Å². The monoisotopic (exact) mass is 451 g/mol. The van der Waals surface area contributed by atoms with Crippen LogP contribution in [0.2, 0.25) is 5.02 Å². The summed E-state index contributed by atoms with van der Waals surface area (Å²) in [4.78, 5) is 33.3. The predicted molar refractivity (Wildman–Crippen MR) is 129 cm³/mol. The van der Waals surface area contributed by atoms with E-state index in [2.05, 4.69) is 0 Å². The van der Waals surface area contributed by atoms with Crippen LogP contribution in [0.15, 0.2) is 53.3 Å². The fourth-order valence-corrected chi connectivity index (χ4v) is 5.03. The average Bonchev–Trinajstić information content (AvgIpc) is 3.32. The lowest BCUT2D eigenvalue weighted by Crippen LogP contribution is -2.36. The molecule has 1 aromatic heterocycles. The Hall–Kier alpha value is -2.66. The molecule has 1 saturated carbocycles. The molecule has 0 N–H and O–H groups in total. The molecule has 1 amide bonds. The smallest absolute Gasteiger partial charge is 0.266 e. The summed E-state index contributed by atoms with van der Waals surface area (Å²) in [6.07, 6.45) is 7.14. The summed E-state index contributed by atoms with van der Waals surface area (Å²) in [5.74, 6) is 1.33. The summed E-state index contributed by atoms with van der Waals surface area (Å²) in [5, 5.41) is 1.09. The third-order valence-electron chi connectivity index (χ3n) is 6.65. The van der Waals surface area contributed by atoms with E-state index in [1.807, 2.05) is 44.3 Å². The molecule has 6 heteroatoms. The molecule has 2 aromatic carbocycles. The van der Waals surface area contributed by atoms with Crippen molar-refractivity contribution in [1.29, 1.82) is 0 Å². The van der Waals surface area contributed by atoms with Gasteiger partial charge in [-0.3, -0.25) is 14.2 Å². The van der Waals surface area contributed by atoms with E-state index in [0.717, 1.165) is 6.42 Å². The number of rotatable bonds is 7. The number of benzene rings is 2. The van der Waals surface area contributed by atoms with Gasteiger partial charge in [0.15, 0.2) is 0 Å². The quantitative estimate of drug-likeness (QED) is 0.448. The van der Waals surface area contributed by atoms with Crippen molar-refractivity contribution in [2.45, 2.75) is 57.9 Å². The summed E-state index contributed by atoms with van der Waals surface area (Å²) < 4.78 is 1.61. The Bertz CT molecular complexity index is 1170. The van der Waals surface area contributed by atoms with Crippen molar-refractivity contribution in [3.63, 3.8) is 0 Å². The Balaban J connectivity index is 1.75. The molecule has 0 aliphatic heterocycles. The van der Waals surface area contributed by atoms with E-state index in [0.29, 0.717) is 46.2 Å². The number of hydrogen-bond acceptors (Lipinski definition) is 3. The molecule has 0 bridgehead atoms. The highest BCUT2D eigenvalue weighted by Gasteiger charge is 2.27. The molecule has 3 aromatic rings. The maximum atomic E-state index is 13.5. The van der Waals surface area contributed by atoms with Gasteiger partial charge in [-0.25, -0.2) is 4.98 Å². The second-order valence-electron chi connectivity index (χ2n) is 8.73. The van der Waals surface area contributed by atoms with Crippen LogP contribution in [0.3, 0.4) is 0 Å². The molecule has 1 aliphatic rings. The minimum absolute atomic E-state index is 0.101. The first-order valence-corrected chi connectivity index (χ1v) is 11.9. The number of para-hydroxylation sites is 1. The van der Waals surface area contributed by atoms with E-state index in [-0.39, 0.29) is 17.5 Å². The van der Waals surface area contributed by atoms with Crippen molar-refractivity contribution in [2.75, 3.05) is 7.05 Å². The molecule has 1 aliphatic carbocycles. The van der Waals surface area contributed by atoms with Crippen LogP contribution in [0.5, 0.6) is 0 Å². The molecule has 5 nitrogen and oxygen atoms in total. The van der Waals surface area contributed by atoms with Crippen LogP contribution in [0.1, 0.15) is 63.7 Å². The van der Waals surface area contributed by atoms with E-state index >= 15 is 0 Å². The summed E-state index contributed by atoms with van der Waals surface area (Å²) in [7, 11) is 1.83. The summed E-state index contributed by atoms with van der Waals surface area (Å²) in [5.41, 5.74) is 1.13. The van der Waals surface area contributed by atoms with Crippen molar-refractivity contribution < 1.29 is 4.79 Å². The first-order valence-electron chi connectivity index (χ1n) is 11.5. The molecule has 0 radical (unpaired) electrons. The SMILES string of the molecule is CCC(c1nc2ccccc2c(=O)n1-c1cccc(Cl)c1)N(C)C(=O)CCC1CCCC1. The maximum absolute atomic E-state index is 13.5. The maximum Gasteiger partial charge on any atom is 0.266 e. The highest BCUT2D eigenvalue weighted by Crippen LogP contribution is 2.30. The number of amides is 1. The number of hydrogen-bond donors (Lipinski definition) is 0. The summed E-state index contributed by atoms with van der Waals surface area (Å²) >= 11 is 6.25. The zero-order valence-electron chi connectivity index (χ0n) is 18.8.